The molecule has 0 fully saturated rings. The van der Waals surface area contributed by atoms with Gasteiger partial charge in [0.05, 0.1) is 16.9 Å². The summed E-state index contributed by atoms with van der Waals surface area (Å²) >= 11 is 1.86. The molecule has 0 aliphatic carbocycles. The van der Waals surface area contributed by atoms with Crippen molar-refractivity contribution in [2.24, 2.45) is 0 Å². The van der Waals surface area contributed by atoms with Crippen molar-refractivity contribution in [3.05, 3.63) is 107 Å². The number of hydrogen-bond acceptors (Lipinski definition) is 2. The van der Waals surface area contributed by atoms with Crippen molar-refractivity contribution >= 4 is 11.8 Å². The van der Waals surface area contributed by atoms with Gasteiger partial charge in [-0.25, -0.2) is 0 Å². The highest BCUT2D eigenvalue weighted by molar-refractivity contribution is 7.98. The zero-order chi connectivity index (χ0) is 15.9. The van der Waals surface area contributed by atoms with Gasteiger partial charge in [-0.05, 0) is 22.8 Å². The van der Waals surface area contributed by atoms with Crippen LogP contribution in [0.15, 0.2) is 84.9 Å². The Labute approximate surface area is 141 Å². The second kappa shape index (κ2) is 7.67. The lowest BCUT2D eigenvalue weighted by atomic mass is 10.0. The van der Waals surface area contributed by atoms with Crippen LogP contribution in [0.5, 0.6) is 0 Å². The minimum Gasteiger partial charge on any atom is -0.192 e. The molecule has 112 valence electrons. The van der Waals surface area contributed by atoms with Crippen LogP contribution in [0, 0.1) is 11.3 Å². The number of nitriles is 1. The quantitative estimate of drug-likeness (QED) is 0.613. The fraction of sp³-hybridized carbons (Fsp3) is 0.0952. The summed E-state index contributed by atoms with van der Waals surface area (Å²) in [7, 11) is 0. The molecule has 0 atom stereocenters. The predicted octanol–water partition coefficient (Wildman–Crippen LogP) is 5.58. The Bertz CT molecular complexity index is 751. The first-order valence-electron chi connectivity index (χ1n) is 7.58. The van der Waals surface area contributed by atoms with Crippen LogP contribution in [0.2, 0.25) is 0 Å². The van der Waals surface area contributed by atoms with E-state index in [2.05, 4.69) is 54.6 Å². The van der Waals surface area contributed by atoms with Crippen LogP contribution in [0.4, 0.5) is 0 Å². The normalized spacial score (nSPS) is 10.4. The van der Waals surface area contributed by atoms with Crippen LogP contribution in [0.25, 0.3) is 0 Å². The molecule has 0 aliphatic heterocycles. The van der Waals surface area contributed by atoms with Gasteiger partial charge in [-0.15, -0.1) is 11.8 Å². The average molecular weight is 315 g/mol. The van der Waals surface area contributed by atoms with Gasteiger partial charge in [-0.2, -0.15) is 5.26 Å². The first-order chi connectivity index (χ1) is 11.4. The maximum atomic E-state index is 9.26. The molecule has 0 amide bonds. The van der Waals surface area contributed by atoms with E-state index in [1.165, 1.54) is 11.1 Å². The van der Waals surface area contributed by atoms with E-state index in [0.29, 0.717) is 0 Å². The van der Waals surface area contributed by atoms with Gasteiger partial charge in [0.25, 0.3) is 0 Å². The van der Waals surface area contributed by atoms with Crippen LogP contribution < -0.4 is 0 Å². The van der Waals surface area contributed by atoms with E-state index < -0.39 is 0 Å². The highest BCUT2D eigenvalue weighted by atomic mass is 32.2. The molecule has 0 radical (unpaired) electrons. The third-order valence-electron chi connectivity index (χ3n) is 3.75. The fourth-order valence-corrected chi connectivity index (χ4v) is 3.87. The molecule has 0 N–H and O–H groups in total. The van der Waals surface area contributed by atoms with E-state index in [1.807, 2.05) is 48.2 Å². The van der Waals surface area contributed by atoms with Gasteiger partial charge in [0, 0.05) is 5.75 Å². The predicted molar refractivity (Wildman–Crippen MR) is 97.2 cm³/mol. The van der Waals surface area contributed by atoms with Crippen molar-refractivity contribution in [2.75, 3.05) is 0 Å². The van der Waals surface area contributed by atoms with Crippen molar-refractivity contribution < 1.29 is 0 Å². The summed E-state index contributed by atoms with van der Waals surface area (Å²) in [5, 5.41) is 9.53. The van der Waals surface area contributed by atoms with Crippen molar-refractivity contribution in [3.8, 4) is 6.07 Å². The smallest absolute Gasteiger partial charge is 0.0994 e. The van der Waals surface area contributed by atoms with Crippen LogP contribution in [0.3, 0.4) is 0 Å². The van der Waals surface area contributed by atoms with E-state index in [1.54, 1.807) is 0 Å². The van der Waals surface area contributed by atoms with Crippen LogP contribution in [-0.4, -0.2) is 0 Å². The van der Waals surface area contributed by atoms with Crippen molar-refractivity contribution in [1.82, 2.24) is 0 Å². The minimum absolute atomic E-state index is 0.268. The van der Waals surface area contributed by atoms with Gasteiger partial charge >= 0.3 is 0 Å². The van der Waals surface area contributed by atoms with Crippen LogP contribution >= 0.6 is 11.8 Å². The van der Waals surface area contributed by atoms with Gasteiger partial charge in [0.1, 0.15) is 0 Å². The van der Waals surface area contributed by atoms with Crippen LogP contribution in [0.1, 0.15) is 27.5 Å². The molecule has 3 aromatic carbocycles. The number of hydrogen-bond donors (Lipinski definition) is 0. The third kappa shape index (κ3) is 3.83. The van der Waals surface area contributed by atoms with Gasteiger partial charge in [0.2, 0.25) is 0 Å². The molecule has 3 rings (SSSR count). The Morgan fingerprint density at radius 1 is 0.739 bits per heavy atom. The molecule has 0 saturated heterocycles. The lowest BCUT2D eigenvalue weighted by molar-refractivity contribution is 1.15. The van der Waals surface area contributed by atoms with E-state index in [0.717, 1.165) is 16.9 Å². The second-order valence-electron chi connectivity index (χ2n) is 5.28. The van der Waals surface area contributed by atoms with Crippen molar-refractivity contribution in [2.45, 2.75) is 11.0 Å². The van der Waals surface area contributed by atoms with Gasteiger partial charge in [-0.3, -0.25) is 0 Å². The Morgan fingerprint density at radius 2 is 1.26 bits per heavy atom. The standard InChI is InChI=1S/C21H17NS/c22-15-19-13-7-8-14-20(19)16-23-21(17-9-3-1-4-10-17)18-11-5-2-6-12-18/h1-14,21H,16H2. The zero-order valence-electron chi connectivity index (χ0n) is 12.7. The zero-order valence-corrected chi connectivity index (χ0v) is 13.5. The number of nitrogens with zero attached hydrogens (tertiary/aromatic N) is 1. The van der Waals surface area contributed by atoms with Gasteiger partial charge in [-0.1, -0.05) is 78.9 Å². The molecular formula is C21H17NS. The van der Waals surface area contributed by atoms with E-state index in [9.17, 15) is 5.26 Å². The SMILES string of the molecule is N#Cc1ccccc1CSC(c1ccccc1)c1ccccc1. The molecule has 0 heterocycles. The molecule has 0 unspecified atom stereocenters. The molecule has 2 heteroatoms. The number of benzene rings is 3. The summed E-state index contributed by atoms with van der Waals surface area (Å²) in [6, 6.07) is 31.2. The summed E-state index contributed by atoms with van der Waals surface area (Å²) in [6.45, 7) is 0. The molecule has 3 aromatic rings. The highest BCUT2D eigenvalue weighted by Crippen LogP contribution is 2.37. The molecule has 23 heavy (non-hydrogen) atoms. The molecular weight excluding hydrogens is 298 g/mol. The van der Waals surface area contributed by atoms with Gasteiger partial charge in [0.15, 0.2) is 0 Å². The lowest BCUT2D eigenvalue weighted by Gasteiger charge is -2.18. The second-order valence-corrected chi connectivity index (χ2v) is 6.37. The summed E-state index contributed by atoms with van der Waals surface area (Å²) in [5.74, 6) is 0.818. The van der Waals surface area contributed by atoms with Crippen molar-refractivity contribution in [3.63, 3.8) is 0 Å². The lowest BCUT2D eigenvalue weighted by Crippen LogP contribution is -1.98. The van der Waals surface area contributed by atoms with Crippen molar-refractivity contribution in [1.29, 1.82) is 5.26 Å². The molecule has 0 aromatic heterocycles. The summed E-state index contributed by atoms with van der Waals surface area (Å²) in [5.41, 5.74) is 4.44. The fourth-order valence-electron chi connectivity index (χ4n) is 2.57. The van der Waals surface area contributed by atoms with E-state index >= 15 is 0 Å². The van der Waals surface area contributed by atoms with E-state index in [4.69, 9.17) is 0 Å². The highest BCUT2D eigenvalue weighted by Gasteiger charge is 2.15. The molecule has 0 spiro atoms. The molecule has 0 saturated carbocycles. The topological polar surface area (TPSA) is 23.8 Å². The third-order valence-corrected chi connectivity index (χ3v) is 5.10. The molecule has 1 nitrogen and oxygen atoms in total. The van der Waals surface area contributed by atoms with E-state index in [-0.39, 0.29) is 5.25 Å². The average Bonchev–Trinajstić information content (AvgIpc) is 2.64. The Morgan fingerprint density at radius 3 is 1.83 bits per heavy atom. The summed E-state index contributed by atoms with van der Waals surface area (Å²) < 4.78 is 0. The largest absolute Gasteiger partial charge is 0.192 e. The molecule has 0 bridgehead atoms. The first-order valence-corrected chi connectivity index (χ1v) is 8.63. The Balaban J connectivity index is 1.87. The number of rotatable bonds is 5. The summed E-state index contributed by atoms with van der Waals surface area (Å²) in [6.07, 6.45) is 0. The number of thioether (sulfide) groups is 1. The Kier molecular flexibility index (Phi) is 5.13. The maximum Gasteiger partial charge on any atom is 0.0994 e. The van der Waals surface area contributed by atoms with Crippen LogP contribution in [-0.2, 0) is 5.75 Å². The molecule has 0 aliphatic rings. The minimum atomic E-state index is 0.268. The monoisotopic (exact) mass is 315 g/mol. The van der Waals surface area contributed by atoms with Gasteiger partial charge < -0.3 is 0 Å². The maximum absolute atomic E-state index is 9.26. The first kappa shape index (κ1) is 15.4. The summed E-state index contributed by atoms with van der Waals surface area (Å²) in [4.78, 5) is 0. The Hall–Kier alpha value is -2.50.